The van der Waals surface area contributed by atoms with Crippen LogP contribution in [0.5, 0.6) is 0 Å². The summed E-state index contributed by atoms with van der Waals surface area (Å²) in [7, 11) is 0. The van der Waals surface area contributed by atoms with Crippen molar-refractivity contribution in [2.75, 3.05) is 0 Å². The number of hydrogen-bond acceptors (Lipinski definition) is 2. The lowest BCUT2D eigenvalue weighted by atomic mass is 9.82. The van der Waals surface area contributed by atoms with Crippen molar-refractivity contribution in [2.45, 2.75) is 91.7 Å². The SMILES string of the molecule is CCCC(CCC)CCC(CCC)C(=NC=C=O)c1cc(CC(F)(F)F)ccc1C. The van der Waals surface area contributed by atoms with Crippen molar-refractivity contribution in [3.63, 3.8) is 0 Å². The molecule has 168 valence electrons. The molecular weight excluding hydrogens is 387 g/mol. The highest BCUT2D eigenvalue weighted by molar-refractivity contribution is 6.04. The van der Waals surface area contributed by atoms with Gasteiger partial charge in [0.1, 0.15) is 12.1 Å². The summed E-state index contributed by atoms with van der Waals surface area (Å²) in [6.45, 7) is 8.38. The Hall–Kier alpha value is -1.87. The molecule has 0 aliphatic rings. The lowest BCUT2D eigenvalue weighted by Gasteiger charge is -2.24. The van der Waals surface area contributed by atoms with Gasteiger partial charge in [0.05, 0.1) is 12.1 Å². The van der Waals surface area contributed by atoms with Crippen LogP contribution in [-0.2, 0) is 11.2 Å². The molecule has 0 bridgehead atoms. The molecule has 0 aliphatic carbocycles. The zero-order valence-electron chi connectivity index (χ0n) is 18.8. The molecule has 1 unspecified atom stereocenters. The molecule has 0 fully saturated rings. The molecule has 1 aromatic carbocycles. The van der Waals surface area contributed by atoms with Crippen molar-refractivity contribution < 1.29 is 18.0 Å². The Morgan fingerprint density at radius 2 is 1.67 bits per heavy atom. The third-order valence-electron chi connectivity index (χ3n) is 5.58. The summed E-state index contributed by atoms with van der Waals surface area (Å²) in [6, 6.07) is 4.84. The standard InChI is InChI=1S/C25H36F3NO/c1-5-8-20(9-6-2)13-14-22(10-7-3)24(29-15-16-30)23-17-21(12-11-19(23)4)18-25(26,27)28/h11-12,15,17,20,22H,5-10,13-14,18H2,1-4H3. The molecule has 30 heavy (non-hydrogen) atoms. The molecule has 0 radical (unpaired) electrons. The van der Waals surface area contributed by atoms with E-state index >= 15 is 0 Å². The van der Waals surface area contributed by atoms with E-state index in [2.05, 4.69) is 25.8 Å². The maximum absolute atomic E-state index is 12.9. The van der Waals surface area contributed by atoms with Crippen LogP contribution in [0.3, 0.4) is 0 Å². The van der Waals surface area contributed by atoms with Gasteiger partial charge in [-0.1, -0.05) is 65.0 Å². The van der Waals surface area contributed by atoms with Gasteiger partial charge in [-0.15, -0.1) is 0 Å². The molecule has 1 rings (SSSR count). The topological polar surface area (TPSA) is 29.4 Å². The van der Waals surface area contributed by atoms with Gasteiger partial charge in [0, 0.05) is 5.92 Å². The first-order chi connectivity index (χ1) is 14.3. The highest BCUT2D eigenvalue weighted by atomic mass is 19.4. The van der Waals surface area contributed by atoms with Crippen LogP contribution >= 0.6 is 0 Å². The Morgan fingerprint density at radius 3 is 2.20 bits per heavy atom. The van der Waals surface area contributed by atoms with Crippen LogP contribution in [0.1, 0.15) is 88.8 Å². The fraction of sp³-hybridized carbons (Fsp3) is 0.640. The highest BCUT2D eigenvalue weighted by Crippen LogP contribution is 2.29. The number of halogens is 3. The van der Waals surface area contributed by atoms with Crippen LogP contribution in [0.4, 0.5) is 13.2 Å². The number of hydrogen-bond donors (Lipinski definition) is 0. The van der Waals surface area contributed by atoms with Crippen molar-refractivity contribution in [2.24, 2.45) is 16.8 Å². The molecule has 1 aromatic rings. The van der Waals surface area contributed by atoms with E-state index in [1.807, 2.05) is 6.92 Å². The quantitative estimate of drug-likeness (QED) is 0.237. The first-order valence-corrected chi connectivity index (χ1v) is 11.2. The molecule has 1 atom stereocenters. The molecular formula is C25H36F3NO. The maximum Gasteiger partial charge on any atom is 0.393 e. The summed E-state index contributed by atoms with van der Waals surface area (Å²) in [5.74, 6) is 2.46. The van der Waals surface area contributed by atoms with Gasteiger partial charge >= 0.3 is 6.18 Å². The Bertz CT molecular complexity index is 712. The molecule has 5 heteroatoms. The molecule has 0 aromatic heterocycles. The van der Waals surface area contributed by atoms with Crippen LogP contribution in [0.15, 0.2) is 29.4 Å². The number of aliphatic imine (C=N–C) groups is 1. The van der Waals surface area contributed by atoms with Gasteiger partial charge in [-0.2, -0.15) is 13.2 Å². The van der Waals surface area contributed by atoms with Crippen LogP contribution in [0.25, 0.3) is 0 Å². The number of nitrogens with zero attached hydrogens (tertiary/aromatic N) is 1. The molecule has 0 heterocycles. The van der Waals surface area contributed by atoms with Crippen molar-refractivity contribution >= 4 is 11.7 Å². The number of rotatable bonds is 13. The third-order valence-corrected chi connectivity index (χ3v) is 5.58. The largest absolute Gasteiger partial charge is 0.393 e. The van der Waals surface area contributed by atoms with Gasteiger partial charge in [-0.3, -0.25) is 0 Å². The van der Waals surface area contributed by atoms with Gasteiger partial charge in [-0.05, 0) is 54.9 Å². The van der Waals surface area contributed by atoms with Crippen LogP contribution in [0.2, 0.25) is 0 Å². The highest BCUT2D eigenvalue weighted by Gasteiger charge is 2.28. The zero-order chi connectivity index (χ0) is 22.6. The lowest BCUT2D eigenvalue weighted by molar-refractivity contribution is -0.127. The maximum atomic E-state index is 12.9. The van der Waals surface area contributed by atoms with Crippen molar-refractivity contribution in [1.82, 2.24) is 0 Å². The number of carbonyl (C=O) groups excluding carboxylic acids is 1. The molecule has 0 spiro atoms. The lowest BCUT2D eigenvalue weighted by Crippen LogP contribution is -2.19. The second-order valence-corrected chi connectivity index (χ2v) is 8.21. The van der Waals surface area contributed by atoms with Crippen molar-refractivity contribution in [3.8, 4) is 0 Å². The van der Waals surface area contributed by atoms with Crippen LogP contribution in [-0.4, -0.2) is 17.8 Å². The average molecular weight is 424 g/mol. The van der Waals surface area contributed by atoms with E-state index < -0.39 is 12.6 Å². The smallest absolute Gasteiger partial charge is 0.249 e. The van der Waals surface area contributed by atoms with E-state index in [0.717, 1.165) is 50.3 Å². The Balaban J connectivity index is 3.27. The predicted molar refractivity (Wildman–Crippen MR) is 119 cm³/mol. The minimum absolute atomic E-state index is 0.107. The van der Waals surface area contributed by atoms with E-state index in [1.165, 1.54) is 18.9 Å². The molecule has 0 amide bonds. The van der Waals surface area contributed by atoms with E-state index in [1.54, 1.807) is 18.1 Å². The molecule has 0 saturated heterocycles. The first-order valence-electron chi connectivity index (χ1n) is 11.2. The molecule has 0 N–H and O–H groups in total. The normalized spacial score (nSPS) is 13.4. The van der Waals surface area contributed by atoms with E-state index in [0.29, 0.717) is 17.2 Å². The number of aryl methyl sites for hydroxylation is 1. The number of benzene rings is 1. The van der Waals surface area contributed by atoms with E-state index in [9.17, 15) is 18.0 Å². The van der Waals surface area contributed by atoms with E-state index in [-0.39, 0.29) is 11.5 Å². The molecule has 0 saturated carbocycles. The second kappa shape index (κ2) is 13.4. The predicted octanol–water partition coefficient (Wildman–Crippen LogP) is 7.65. The van der Waals surface area contributed by atoms with Gasteiger partial charge in [0.2, 0.25) is 0 Å². The average Bonchev–Trinajstić information content (AvgIpc) is 2.67. The second-order valence-electron chi connectivity index (χ2n) is 8.21. The summed E-state index contributed by atoms with van der Waals surface area (Å²) in [5, 5.41) is 0. The van der Waals surface area contributed by atoms with E-state index in [4.69, 9.17) is 0 Å². The Labute approximate surface area is 179 Å². The summed E-state index contributed by atoms with van der Waals surface area (Å²) < 4.78 is 38.8. The molecule has 0 aliphatic heterocycles. The van der Waals surface area contributed by atoms with Gasteiger partial charge < -0.3 is 0 Å². The first kappa shape index (κ1) is 26.2. The summed E-state index contributed by atoms with van der Waals surface area (Å²) in [6.07, 6.45) is 4.37. The monoisotopic (exact) mass is 423 g/mol. The summed E-state index contributed by atoms with van der Waals surface area (Å²) >= 11 is 0. The fourth-order valence-electron chi connectivity index (χ4n) is 4.23. The van der Waals surface area contributed by atoms with Crippen molar-refractivity contribution in [3.05, 3.63) is 41.1 Å². The molecule has 2 nitrogen and oxygen atoms in total. The minimum Gasteiger partial charge on any atom is -0.249 e. The summed E-state index contributed by atoms with van der Waals surface area (Å²) in [4.78, 5) is 15.2. The van der Waals surface area contributed by atoms with Gasteiger partial charge in [-0.25, -0.2) is 9.79 Å². The third kappa shape index (κ3) is 9.30. The van der Waals surface area contributed by atoms with Gasteiger partial charge in [0.15, 0.2) is 0 Å². The van der Waals surface area contributed by atoms with Crippen LogP contribution < -0.4 is 0 Å². The van der Waals surface area contributed by atoms with Crippen molar-refractivity contribution in [1.29, 1.82) is 0 Å². The van der Waals surface area contributed by atoms with Crippen LogP contribution in [0, 0.1) is 18.8 Å². The summed E-state index contributed by atoms with van der Waals surface area (Å²) in [5.41, 5.74) is 2.52. The Kier molecular flexibility index (Phi) is 11.7. The minimum atomic E-state index is -4.26. The fourth-order valence-corrected chi connectivity index (χ4v) is 4.23. The zero-order valence-corrected chi connectivity index (χ0v) is 18.8. The number of alkyl halides is 3. The van der Waals surface area contributed by atoms with Gasteiger partial charge in [0.25, 0.3) is 0 Å². The Morgan fingerprint density at radius 1 is 1.03 bits per heavy atom.